The van der Waals surface area contributed by atoms with Crippen molar-refractivity contribution in [2.45, 2.75) is 54.2 Å². The Morgan fingerprint density at radius 3 is 2.45 bits per heavy atom. The number of hydrogen-bond donors (Lipinski definition) is 6. The first-order chi connectivity index (χ1) is 14.2. The van der Waals surface area contributed by atoms with Gasteiger partial charge in [-0.3, -0.25) is 9.59 Å². The number of amides is 2. The number of sulfonamides is 1. The molecule has 2 rings (SSSR count). The van der Waals surface area contributed by atoms with Gasteiger partial charge in [0.2, 0.25) is 15.9 Å². The van der Waals surface area contributed by atoms with Crippen LogP contribution in [0.4, 0.5) is 13.2 Å². The zero-order valence-corrected chi connectivity index (χ0v) is 16.8. The molecule has 1 saturated carbocycles. The van der Waals surface area contributed by atoms with Gasteiger partial charge in [0.05, 0.1) is 28.7 Å². The van der Waals surface area contributed by atoms with Crippen molar-refractivity contribution in [1.29, 1.82) is 0 Å². The quantitative estimate of drug-likeness (QED) is 0.284. The summed E-state index contributed by atoms with van der Waals surface area (Å²) >= 11 is 0. The molecule has 14 heteroatoms. The van der Waals surface area contributed by atoms with Crippen LogP contribution in [-0.4, -0.2) is 65.9 Å². The van der Waals surface area contributed by atoms with E-state index in [1.165, 1.54) is 0 Å². The number of alkyl halides is 3. The molecular formula is C17H22F3N3O7S. The van der Waals surface area contributed by atoms with Crippen molar-refractivity contribution in [3.63, 3.8) is 0 Å². The molecule has 0 aromatic heterocycles. The van der Waals surface area contributed by atoms with E-state index in [0.29, 0.717) is 12.1 Å². The predicted octanol–water partition coefficient (Wildman–Crippen LogP) is -1.41. The molecule has 2 amide bonds. The van der Waals surface area contributed by atoms with Gasteiger partial charge in [-0.05, 0) is 18.2 Å². The number of primary amides is 1. The van der Waals surface area contributed by atoms with E-state index in [2.05, 4.69) is 5.32 Å². The molecule has 0 radical (unpaired) electrons. The van der Waals surface area contributed by atoms with Crippen LogP contribution in [0.15, 0.2) is 29.2 Å². The fourth-order valence-electron chi connectivity index (χ4n) is 3.17. The van der Waals surface area contributed by atoms with Crippen molar-refractivity contribution in [2.24, 2.45) is 5.73 Å². The molecule has 174 valence electrons. The molecule has 10 nitrogen and oxygen atoms in total. The van der Waals surface area contributed by atoms with Gasteiger partial charge < -0.3 is 26.4 Å². The van der Waals surface area contributed by atoms with Crippen LogP contribution in [0.5, 0.6) is 0 Å². The number of nitrogens with two attached hydrogens (primary N) is 1. The highest BCUT2D eigenvalue weighted by atomic mass is 32.2. The minimum Gasteiger partial charge on any atom is -0.390 e. The van der Waals surface area contributed by atoms with Crippen LogP contribution in [0.2, 0.25) is 0 Å². The fourth-order valence-corrected chi connectivity index (χ4v) is 4.47. The SMILES string of the molecule is NC(=O)CCNC(=O)[C@@]1(O)C[C@@H](O)[C@H](O)[C@H](NS(=O)(=O)c2cccc(C(F)(F)F)c2)C1. The molecule has 0 aliphatic heterocycles. The van der Waals surface area contributed by atoms with E-state index in [0.717, 1.165) is 12.1 Å². The highest BCUT2D eigenvalue weighted by molar-refractivity contribution is 7.89. The lowest BCUT2D eigenvalue weighted by atomic mass is 9.78. The summed E-state index contributed by atoms with van der Waals surface area (Å²) in [5, 5.41) is 33.0. The van der Waals surface area contributed by atoms with Gasteiger partial charge in [-0.1, -0.05) is 6.07 Å². The second kappa shape index (κ2) is 9.08. The van der Waals surface area contributed by atoms with Crippen molar-refractivity contribution in [1.82, 2.24) is 10.0 Å². The Balaban J connectivity index is 2.22. The summed E-state index contributed by atoms with van der Waals surface area (Å²) in [4.78, 5) is 22.3. The van der Waals surface area contributed by atoms with Gasteiger partial charge in [-0.2, -0.15) is 13.2 Å². The van der Waals surface area contributed by atoms with Gasteiger partial charge in [0.1, 0.15) is 5.60 Å². The number of aliphatic hydroxyl groups excluding tert-OH is 2. The van der Waals surface area contributed by atoms with Crippen molar-refractivity contribution in [3.05, 3.63) is 29.8 Å². The zero-order valence-electron chi connectivity index (χ0n) is 16.0. The summed E-state index contributed by atoms with van der Waals surface area (Å²) in [7, 11) is -4.63. The summed E-state index contributed by atoms with van der Waals surface area (Å²) in [5.74, 6) is -1.76. The number of nitrogens with one attached hydrogen (secondary N) is 2. The molecule has 0 heterocycles. The third-order valence-electron chi connectivity index (χ3n) is 4.77. The van der Waals surface area contributed by atoms with Crippen molar-refractivity contribution < 1.29 is 46.5 Å². The second-order valence-corrected chi connectivity index (χ2v) is 8.94. The lowest BCUT2D eigenvalue weighted by Crippen LogP contribution is -2.62. The van der Waals surface area contributed by atoms with E-state index in [9.17, 15) is 46.5 Å². The number of carbonyl (C=O) groups is 2. The van der Waals surface area contributed by atoms with Gasteiger partial charge >= 0.3 is 6.18 Å². The van der Waals surface area contributed by atoms with Crippen LogP contribution in [-0.2, 0) is 25.8 Å². The van der Waals surface area contributed by atoms with Gasteiger partial charge in [-0.15, -0.1) is 0 Å². The molecule has 7 N–H and O–H groups in total. The van der Waals surface area contributed by atoms with E-state index in [4.69, 9.17) is 5.73 Å². The normalized spacial score (nSPS) is 27.0. The fraction of sp³-hybridized carbons (Fsp3) is 0.529. The Hall–Kier alpha value is -2.26. The highest BCUT2D eigenvalue weighted by Gasteiger charge is 2.49. The molecule has 0 spiro atoms. The monoisotopic (exact) mass is 469 g/mol. The summed E-state index contributed by atoms with van der Waals surface area (Å²) in [6.45, 7) is -0.226. The maximum Gasteiger partial charge on any atom is 0.416 e. The van der Waals surface area contributed by atoms with Crippen LogP contribution < -0.4 is 15.8 Å². The Bertz CT molecular complexity index is 941. The van der Waals surface area contributed by atoms with Crippen LogP contribution in [0, 0.1) is 0 Å². The number of benzene rings is 1. The van der Waals surface area contributed by atoms with Gasteiger partial charge in [0.15, 0.2) is 0 Å². The largest absolute Gasteiger partial charge is 0.416 e. The second-order valence-electron chi connectivity index (χ2n) is 7.22. The summed E-state index contributed by atoms with van der Waals surface area (Å²) in [5.41, 5.74) is 1.40. The number of aliphatic hydroxyl groups is 3. The van der Waals surface area contributed by atoms with E-state index in [1.54, 1.807) is 0 Å². The van der Waals surface area contributed by atoms with Gasteiger partial charge in [0, 0.05) is 25.8 Å². The molecule has 0 bridgehead atoms. The maximum atomic E-state index is 12.9. The zero-order chi connectivity index (χ0) is 23.6. The summed E-state index contributed by atoms with van der Waals surface area (Å²) in [6.07, 6.45) is -9.84. The smallest absolute Gasteiger partial charge is 0.390 e. The summed E-state index contributed by atoms with van der Waals surface area (Å²) in [6, 6.07) is 1.23. The van der Waals surface area contributed by atoms with Crippen LogP contribution in [0.25, 0.3) is 0 Å². The number of rotatable bonds is 7. The Morgan fingerprint density at radius 1 is 1.23 bits per heavy atom. The number of hydrogen-bond acceptors (Lipinski definition) is 7. The number of halogens is 3. The van der Waals surface area contributed by atoms with Crippen LogP contribution in [0.3, 0.4) is 0 Å². The van der Waals surface area contributed by atoms with Crippen LogP contribution in [0.1, 0.15) is 24.8 Å². The van der Waals surface area contributed by atoms with E-state index < -0.39 is 75.2 Å². The van der Waals surface area contributed by atoms with Gasteiger partial charge in [0.25, 0.3) is 5.91 Å². The molecule has 1 aliphatic rings. The average molecular weight is 469 g/mol. The molecule has 1 aliphatic carbocycles. The lowest BCUT2D eigenvalue weighted by molar-refractivity contribution is -0.157. The first-order valence-electron chi connectivity index (χ1n) is 9.00. The lowest BCUT2D eigenvalue weighted by Gasteiger charge is -2.41. The highest BCUT2D eigenvalue weighted by Crippen LogP contribution is 2.32. The minimum atomic E-state index is -4.80. The van der Waals surface area contributed by atoms with E-state index in [-0.39, 0.29) is 13.0 Å². The van der Waals surface area contributed by atoms with Crippen molar-refractivity contribution >= 4 is 21.8 Å². The van der Waals surface area contributed by atoms with Crippen LogP contribution >= 0.6 is 0 Å². The topological polar surface area (TPSA) is 179 Å². The third-order valence-corrected chi connectivity index (χ3v) is 6.26. The number of carbonyl (C=O) groups excluding carboxylic acids is 2. The van der Waals surface area contributed by atoms with E-state index in [1.807, 2.05) is 4.72 Å². The molecule has 1 fully saturated rings. The third kappa shape index (κ3) is 6.13. The Kier molecular flexibility index (Phi) is 7.32. The minimum absolute atomic E-state index is 0.226. The Morgan fingerprint density at radius 2 is 1.87 bits per heavy atom. The molecule has 0 saturated heterocycles. The standard InChI is InChI=1S/C17H22F3N3O7S/c18-17(19,20)9-2-1-3-10(6-9)31(29,30)23-11-7-16(28,8-12(24)14(11)26)15(27)22-5-4-13(21)25/h1-3,6,11-12,14,23-24,26,28H,4-5,7-8H2,(H2,21,25)(H,22,27)/t11-,12-,14-,16+/m1/s1. The van der Waals surface area contributed by atoms with Crippen molar-refractivity contribution in [3.8, 4) is 0 Å². The average Bonchev–Trinajstić information content (AvgIpc) is 2.64. The summed E-state index contributed by atoms with van der Waals surface area (Å²) < 4.78 is 65.7. The van der Waals surface area contributed by atoms with E-state index >= 15 is 0 Å². The first-order valence-corrected chi connectivity index (χ1v) is 10.5. The van der Waals surface area contributed by atoms with Gasteiger partial charge in [-0.25, -0.2) is 13.1 Å². The Labute approximate surface area is 175 Å². The molecule has 31 heavy (non-hydrogen) atoms. The molecular weight excluding hydrogens is 447 g/mol. The molecule has 4 atom stereocenters. The first kappa shape index (κ1) is 25.0. The van der Waals surface area contributed by atoms with Crippen molar-refractivity contribution in [2.75, 3.05) is 6.54 Å². The molecule has 0 unspecified atom stereocenters. The molecule has 1 aromatic carbocycles. The molecule has 1 aromatic rings. The maximum absolute atomic E-state index is 12.9. The predicted molar refractivity (Wildman–Crippen MR) is 98.6 cm³/mol.